The molecule has 0 aliphatic carbocycles. The van der Waals surface area contributed by atoms with Gasteiger partial charge in [0.25, 0.3) is 0 Å². The van der Waals surface area contributed by atoms with E-state index in [2.05, 4.69) is 36.4 Å². The summed E-state index contributed by atoms with van der Waals surface area (Å²) in [6.07, 6.45) is 0. The highest BCUT2D eigenvalue weighted by molar-refractivity contribution is 7.26. The lowest BCUT2D eigenvalue weighted by molar-refractivity contribution is 0.671. The van der Waals surface area contributed by atoms with Crippen LogP contribution in [0.3, 0.4) is 0 Å². The summed E-state index contributed by atoms with van der Waals surface area (Å²) < 4.78 is 62.4. The molecule has 0 saturated carbocycles. The summed E-state index contributed by atoms with van der Waals surface area (Å²) >= 11 is 1.12. The lowest BCUT2D eigenvalue weighted by Crippen LogP contribution is -2.00. The van der Waals surface area contributed by atoms with Crippen LogP contribution < -0.4 is 0 Å². The molecular weight excluding hydrogens is 703 g/mol. The fraction of sp³-hybridized carbons (Fsp3) is 0. The van der Waals surface area contributed by atoms with Crippen LogP contribution in [-0.2, 0) is 0 Å². The molecule has 0 fully saturated rings. The predicted octanol–water partition coefficient (Wildman–Crippen LogP) is 14.1. The van der Waals surface area contributed by atoms with Gasteiger partial charge in [-0.15, -0.1) is 11.3 Å². The molecule has 0 amide bonds. The number of rotatable bonds is 6. The van der Waals surface area contributed by atoms with Gasteiger partial charge in [-0.3, -0.25) is 0 Å². The van der Waals surface area contributed by atoms with Crippen LogP contribution in [0, 0.1) is 0 Å². The van der Waals surface area contributed by atoms with Gasteiger partial charge < -0.3 is 4.42 Å². The van der Waals surface area contributed by atoms with E-state index in [0.29, 0.717) is 54.1 Å². The first-order valence-corrected chi connectivity index (χ1v) is 19.0. The lowest BCUT2D eigenvalue weighted by Gasteiger charge is -2.10. The van der Waals surface area contributed by atoms with Crippen LogP contribution in [0.5, 0.6) is 0 Å². The van der Waals surface area contributed by atoms with Crippen molar-refractivity contribution in [2.24, 2.45) is 0 Å². The van der Waals surface area contributed by atoms with Crippen LogP contribution in [0.4, 0.5) is 0 Å². The van der Waals surface area contributed by atoms with Crippen molar-refractivity contribution >= 4 is 53.4 Å². The molecule has 0 radical (unpaired) electrons. The summed E-state index contributed by atoms with van der Waals surface area (Å²) in [5.74, 6) is 0.716. The van der Waals surface area contributed by atoms with Gasteiger partial charge in [-0.05, 0) is 40.4 Å². The van der Waals surface area contributed by atoms with Crippen molar-refractivity contribution in [2.45, 2.75) is 0 Å². The number of hydrogen-bond acceptors (Lipinski definition) is 5. The standard InChI is InChI=1S/C51H31N3OS/c1-4-14-32(15-5-1)38-22-13-27-44-46(38)43-29-28-37(31-45(43)56-44)51-53-49(34-18-8-3-9-19-34)52-50(54-51)36-21-10-20-35(30-36)40-24-12-26-42-41-25-11-23-39(47(41)55-48(40)42)33-16-6-2-7-17-33/h1-31H/i13D,22D,27D,28D,29D,31D. The van der Waals surface area contributed by atoms with Crippen LogP contribution in [0.25, 0.3) is 110 Å². The molecule has 11 rings (SSSR count). The van der Waals surface area contributed by atoms with E-state index < -0.39 is 0 Å². The first-order chi connectivity index (χ1) is 30.3. The van der Waals surface area contributed by atoms with Gasteiger partial charge in [0.2, 0.25) is 0 Å². The van der Waals surface area contributed by atoms with Crippen LogP contribution in [0.2, 0.25) is 0 Å². The monoisotopic (exact) mass is 739 g/mol. The SMILES string of the molecule is [2H]c1c([2H])c(-c2ccccc2)c2c(sc3c([2H])c(-c4nc(-c5ccccc5)nc(-c5cccc(-c6cccc7c6oc6c(-c8ccccc8)cccc67)c5)n4)c([2H])c([2H])c32)c1[2H]. The van der Waals surface area contributed by atoms with Crippen LogP contribution in [-0.4, -0.2) is 15.0 Å². The van der Waals surface area contributed by atoms with E-state index >= 15 is 0 Å². The van der Waals surface area contributed by atoms with Crippen LogP contribution in [0.15, 0.2) is 192 Å². The Balaban J connectivity index is 1.11. The zero-order valence-corrected chi connectivity index (χ0v) is 30.4. The Kier molecular flexibility index (Phi) is 6.29. The first kappa shape index (κ1) is 26.5. The van der Waals surface area contributed by atoms with Gasteiger partial charge in [0.05, 0.1) is 8.22 Å². The molecule has 0 spiro atoms. The van der Waals surface area contributed by atoms with Gasteiger partial charge in [0.15, 0.2) is 17.5 Å². The van der Waals surface area contributed by atoms with Crippen LogP contribution in [0.1, 0.15) is 8.22 Å². The zero-order chi connectivity index (χ0) is 42.2. The van der Waals surface area contributed by atoms with E-state index in [0.717, 1.165) is 55.5 Å². The minimum Gasteiger partial charge on any atom is -0.455 e. The number of thiophene rings is 1. The number of benzene rings is 8. The van der Waals surface area contributed by atoms with Gasteiger partial charge in [-0.25, -0.2) is 15.0 Å². The molecule has 3 heterocycles. The maximum Gasteiger partial charge on any atom is 0.164 e. The summed E-state index contributed by atoms with van der Waals surface area (Å²) in [6.45, 7) is 0. The maximum absolute atomic E-state index is 9.63. The third-order valence-corrected chi connectivity index (χ3v) is 11.1. The minimum atomic E-state index is -0.259. The van der Waals surface area contributed by atoms with Gasteiger partial charge in [-0.1, -0.05) is 170 Å². The minimum absolute atomic E-state index is 0.0530. The molecule has 0 aliphatic heterocycles. The summed E-state index contributed by atoms with van der Waals surface area (Å²) in [4.78, 5) is 14.8. The number of para-hydroxylation sites is 2. The van der Waals surface area contributed by atoms with Crippen molar-refractivity contribution in [1.29, 1.82) is 0 Å². The second kappa shape index (κ2) is 13.3. The molecular formula is C51H31N3OS. The van der Waals surface area contributed by atoms with E-state index in [4.69, 9.17) is 23.5 Å². The Labute approximate surface area is 335 Å². The summed E-state index contributed by atoms with van der Waals surface area (Å²) in [5.41, 5.74) is 7.90. The lowest BCUT2D eigenvalue weighted by atomic mass is 9.99. The molecule has 0 N–H and O–H groups in total. The van der Waals surface area contributed by atoms with Crippen molar-refractivity contribution in [2.75, 3.05) is 0 Å². The van der Waals surface area contributed by atoms with E-state index in [9.17, 15) is 4.11 Å². The highest BCUT2D eigenvalue weighted by Crippen LogP contribution is 2.43. The second-order valence-electron chi connectivity index (χ2n) is 13.5. The van der Waals surface area contributed by atoms with E-state index in [1.54, 1.807) is 0 Å². The Morgan fingerprint density at radius 3 is 1.62 bits per heavy atom. The Morgan fingerprint density at radius 1 is 0.411 bits per heavy atom. The molecule has 11 aromatic rings. The quantitative estimate of drug-likeness (QED) is 0.170. The molecule has 0 unspecified atom stereocenters. The summed E-state index contributed by atoms with van der Waals surface area (Å²) in [7, 11) is 0. The third kappa shape index (κ3) is 5.48. The molecule has 4 nitrogen and oxygen atoms in total. The first-order valence-electron chi connectivity index (χ1n) is 21.2. The molecule has 0 bridgehead atoms. The van der Waals surface area contributed by atoms with Gasteiger partial charge in [0.1, 0.15) is 11.2 Å². The average Bonchev–Trinajstić information content (AvgIpc) is 3.91. The molecule has 56 heavy (non-hydrogen) atoms. The normalized spacial score (nSPS) is 13.1. The largest absolute Gasteiger partial charge is 0.455 e. The number of aromatic nitrogens is 3. The van der Waals surface area contributed by atoms with Crippen molar-refractivity contribution < 1.29 is 12.6 Å². The average molecular weight is 740 g/mol. The Hall–Kier alpha value is -7.21. The smallest absolute Gasteiger partial charge is 0.164 e. The molecule has 8 aromatic carbocycles. The van der Waals surface area contributed by atoms with Crippen molar-refractivity contribution in [3.8, 4) is 67.5 Å². The van der Waals surface area contributed by atoms with Gasteiger partial charge >= 0.3 is 0 Å². The van der Waals surface area contributed by atoms with E-state index in [-0.39, 0.29) is 47.6 Å². The molecule has 5 heteroatoms. The second-order valence-corrected chi connectivity index (χ2v) is 14.5. The zero-order valence-electron chi connectivity index (χ0n) is 35.6. The predicted molar refractivity (Wildman–Crippen MR) is 233 cm³/mol. The van der Waals surface area contributed by atoms with E-state index in [1.807, 2.05) is 115 Å². The summed E-state index contributed by atoms with van der Waals surface area (Å²) in [6, 6.07) is 48.0. The highest BCUT2D eigenvalue weighted by Gasteiger charge is 2.18. The number of fused-ring (bicyclic) bond motifs is 6. The van der Waals surface area contributed by atoms with Gasteiger partial charge in [-0.2, -0.15) is 0 Å². The van der Waals surface area contributed by atoms with Crippen LogP contribution >= 0.6 is 11.3 Å². The number of furan rings is 1. The Bertz CT molecular complexity index is 3590. The molecule has 0 atom stereocenters. The van der Waals surface area contributed by atoms with E-state index in [1.165, 1.54) is 0 Å². The summed E-state index contributed by atoms with van der Waals surface area (Å²) in [5, 5.41) is 2.74. The topological polar surface area (TPSA) is 51.8 Å². The maximum atomic E-state index is 9.63. The molecule has 262 valence electrons. The number of hydrogen-bond donors (Lipinski definition) is 0. The van der Waals surface area contributed by atoms with Gasteiger partial charge in [0, 0.05) is 58.8 Å². The number of nitrogens with zero attached hydrogens (tertiary/aromatic N) is 3. The molecule has 3 aromatic heterocycles. The van der Waals surface area contributed by atoms with Crippen molar-refractivity contribution in [3.63, 3.8) is 0 Å². The van der Waals surface area contributed by atoms with Crippen molar-refractivity contribution in [3.05, 3.63) is 188 Å². The fourth-order valence-electron chi connectivity index (χ4n) is 7.43. The molecule has 0 aliphatic rings. The third-order valence-electron chi connectivity index (χ3n) is 10.1. The van der Waals surface area contributed by atoms with Crippen molar-refractivity contribution in [1.82, 2.24) is 15.0 Å². The Morgan fingerprint density at radius 2 is 0.946 bits per heavy atom. The highest BCUT2D eigenvalue weighted by atomic mass is 32.1. The molecule has 0 saturated heterocycles. The fourth-order valence-corrected chi connectivity index (χ4v) is 8.45.